The average Bonchev–Trinajstić information content (AvgIpc) is 3.24. The van der Waals surface area contributed by atoms with E-state index in [1.807, 2.05) is 24.3 Å². The molecule has 2 aromatic carbocycles. The summed E-state index contributed by atoms with van der Waals surface area (Å²) in [5.41, 5.74) is 1.02. The Balaban J connectivity index is 2.83. The van der Waals surface area contributed by atoms with Crippen molar-refractivity contribution in [2.24, 2.45) is 5.41 Å². The zero-order valence-electron chi connectivity index (χ0n) is 43.3. The number of ether oxygens (including phenoxy) is 6. The van der Waals surface area contributed by atoms with E-state index in [-0.39, 0.29) is 44.2 Å². The highest BCUT2D eigenvalue weighted by Crippen LogP contribution is 2.88. The number of rotatable bonds is 35. The molecule has 8 nitrogen and oxygen atoms in total. The lowest BCUT2D eigenvalue weighted by atomic mass is 9.64. The summed E-state index contributed by atoms with van der Waals surface area (Å²) in [4.78, 5) is 0. The zero-order chi connectivity index (χ0) is 47.9. The van der Waals surface area contributed by atoms with Gasteiger partial charge in [-0.05, 0) is 111 Å². The van der Waals surface area contributed by atoms with Gasteiger partial charge >= 0.3 is 0 Å². The second kappa shape index (κ2) is 29.3. The fraction of sp³-hybridized carbons (Fsp3) is 0.774. The van der Waals surface area contributed by atoms with Crippen LogP contribution in [0.3, 0.4) is 0 Å². The number of phenols is 2. The van der Waals surface area contributed by atoms with Crippen LogP contribution < -0.4 is 14.8 Å². The first-order valence-corrected chi connectivity index (χ1v) is 29.2. The predicted octanol–water partition coefficient (Wildman–Crippen LogP) is 13.8. The largest absolute Gasteiger partial charge is 0.508 e. The molecule has 64 heavy (non-hydrogen) atoms. The highest BCUT2D eigenvalue weighted by Gasteiger charge is 2.75. The Bertz CT molecular complexity index is 1520. The third kappa shape index (κ3) is 16.0. The Morgan fingerprint density at radius 1 is 0.531 bits per heavy atom. The molecule has 0 aliphatic heterocycles. The summed E-state index contributed by atoms with van der Waals surface area (Å²) in [5.74, 6) is 2.05. The van der Waals surface area contributed by atoms with Crippen molar-refractivity contribution < 1.29 is 38.6 Å². The smallest absolute Gasteiger partial charge is 0.161 e. The number of phenolic OH excluding ortho intramolecular Hbond substituents is 2. The maximum absolute atomic E-state index is 11.6. The number of aromatic hydroxyl groups is 2. The summed E-state index contributed by atoms with van der Waals surface area (Å²) in [6.07, 6.45) is 18.8. The lowest BCUT2D eigenvalue weighted by Crippen LogP contribution is -2.60. The van der Waals surface area contributed by atoms with Crippen molar-refractivity contribution in [3.05, 3.63) is 42.0 Å². The van der Waals surface area contributed by atoms with E-state index >= 15 is 0 Å². The molecule has 1 atom stereocenters. The molecule has 0 amide bonds. The molecule has 2 aromatic rings. The van der Waals surface area contributed by atoms with Crippen LogP contribution in [0.2, 0.25) is 12.1 Å². The molecule has 2 N–H and O–H groups in total. The van der Waals surface area contributed by atoms with Gasteiger partial charge in [-0.25, -0.2) is 0 Å². The molecule has 2 rings (SSSR count). The zero-order valence-corrected chi connectivity index (χ0v) is 46.2. The predicted molar refractivity (Wildman–Crippen MR) is 275 cm³/mol. The van der Waals surface area contributed by atoms with Crippen LogP contribution in [0, 0.1) is 5.41 Å². The average molecular weight is 946 g/mol. The van der Waals surface area contributed by atoms with Crippen molar-refractivity contribution in [2.45, 2.75) is 218 Å². The molecule has 0 saturated carbocycles. The van der Waals surface area contributed by atoms with Crippen molar-refractivity contribution in [3.63, 3.8) is 0 Å². The first kappa shape index (κ1) is 58.5. The van der Waals surface area contributed by atoms with Gasteiger partial charge in [0, 0.05) is 51.9 Å². The summed E-state index contributed by atoms with van der Waals surface area (Å²) >= 11 is 0. The molecule has 0 saturated heterocycles. The van der Waals surface area contributed by atoms with E-state index < -0.39 is 7.26 Å². The van der Waals surface area contributed by atoms with E-state index in [0.717, 1.165) is 113 Å². The van der Waals surface area contributed by atoms with E-state index in [0.29, 0.717) is 32.3 Å². The fourth-order valence-corrected chi connectivity index (χ4v) is 22.4. The van der Waals surface area contributed by atoms with Gasteiger partial charge in [-0.2, -0.15) is 0 Å². The van der Waals surface area contributed by atoms with Gasteiger partial charge in [-0.15, -0.1) is 0 Å². The van der Waals surface area contributed by atoms with Crippen molar-refractivity contribution in [2.75, 3.05) is 41.7 Å². The van der Waals surface area contributed by atoms with Gasteiger partial charge in [0.05, 0.1) is 35.9 Å². The SMILES string of the molecule is CCCCC(CCCC)(CCCC)C(C)(Cc1cc(O)ccc1OCCCCCCCC[Si]C(OC)OC)[P+](c1cc(O)ccc1OCCC[Si]C(OC)OC)(C(C)(C)C)C(C)(C)C. The fourth-order valence-electron chi connectivity index (χ4n) is 11.3. The third-order valence-corrected chi connectivity index (χ3v) is 23.8. The monoisotopic (exact) mass is 946 g/mol. The summed E-state index contributed by atoms with van der Waals surface area (Å²) < 4.78 is 35.5. The molecule has 0 aliphatic carbocycles. The van der Waals surface area contributed by atoms with E-state index in [9.17, 15) is 10.2 Å². The molecule has 0 aromatic heterocycles. The van der Waals surface area contributed by atoms with Gasteiger partial charge in [0.2, 0.25) is 0 Å². The van der Waals surface area contributed by atoms with Gasteiger partial charge < -0.3 is 38.6 Å². The normalized spacial score (nSPS) is 13.8. The number of unbranched alkanes of at least 4 members (excludes halogenated alkanes) is 8. The molecule has 366 valence electrons. The first-order valence-electron chi connectivity index (χ1n) is 24.8. The lowest BCUT2D eigenvalue weighted by Gasteiger charge is -2.63. The van der Waals surface area contributed by atoms with Crippen molar-refractivity contribution in [1.82, 2.24) is 0 Å². The Morgan fingerprint density at radius 3 is 1.44 bits per heavy atom. The van der Waals surface area contributed by atoms with Crippen molar-refractivity contribution >= 4 is 31.6 Å². The first-order chi connectivity index (χ1) is 30.4. The standard InChI is InChI=1S/C53H93O8PSi2/c1-15-18-32-53(33-19-16-2,34-20-17-3)52(10,41-42-39-43(54)28-30-45(42)60-35-25-23-21-22-24-26-37-63-48(56-11)57-12)62(50(4,5)6,51(7,8)9)47-40-44(55)29-31-46(47)61-36-27-38-64-49(58-13)59-14/h28-31,39-40,48-49H,15-27,32-38,41H2,1-14H3,(H-,54,55)/p+1. The van der Waals surface area contributed by atoms with Crippen molar-refractivity contribution in [3.8, 4) is 23.0 Å². The van der Waals surface area contributed by atoms with Gasteiger partial charge in [0.1, 0.15) is 53.4 Å². The van der Waals surface area contributed by atoms with E-state index in [1.54, 1.807) is 34.5 Å². The molecular formula is C53H94O8PSi2+. The third-order valence-electron chi connectivity index (χ3n) is 13.7. The molecular weight excluding hydrogens is 852 g/mol. The van der Waals surface area contributed by atoms with E-state index in [2.05, 4.69) is 75.3 Å². The van der Waals surface area contributed by atoms with Crippen LogP contribution in [0.1, 0.15) is 178 Å². The quantitative estimate of drug-likeness (QED) is 0.0305. The molecule has 11 heteroatoms. The number of benzene rings is 2. The second-order valence-corrected chi connectivity index (χ2v) is 28.4. The van der Waals surface area contributed by atoms with Crippen LogP contribution in [0.15, 0.2) is 36.4 Å². The van der Waals surface area contributed by atoms with Crippen LogP contribution in [-0.2, 0) is 25.4 Å². The molecule has 0 bridgehead atoms. The van der Waals surface area contributed by atoms with Crippen molar-refractivity contribution in [1.29, 1.82) is 0 Å². The maximum Gasteiger partial charge on any atom is 0.161 e. The summed E-state index contributed by atoms with van der Waals surface area (Å²) in [6, 6.07) is 13.8. The molecule has 0 spiro atoms. The molecule has 1 unspecified atom stereocenters. The van der Waals surface area contributed by atoms with Gasteiger partial charge in [-0.1, -0.05) is 103 Å². The molecule has 4 radical (unpaired) electrons. The van der Waals surface area contributed by atoms with Crippen LogP contribution in [0.25, 0.3) is 0 Å². The second-order valence-electron chi connectivity index (χ2n) is 20.2. The van der Waals surface area contributed by atoms with Gasteiger partial charge in [0.25, 0.3) is 0 Å². The van der Waals surface area contributed by atoms with Gasteiger partial charge in [0.15, 0.2) is 5.75 Å². The Morgan fingerprint density at radius 2 is 0.953 bits per heavy atom. The maximum atomic E-state index is 11.6. The van der Waals surface area contributed by atoms with Crippen LogP contribution in [0.5, 0.6) is 23.0 Å². The molecule has 0 fully saturated rings. The summed E-state index contributed by atoms with van der Waals surface area (Å²) in [7, 11) is 5.46. The molecule has 0 heterocycles. The van der Waals surface area contributed by atoms with Crippen LogP contribution in [0.4, 0.5) is 0 Å². The highest BCUT2D eigenvalue weighted by atomic mass is 31.2. The van der Waals surface area contributed by atoms with Crippen LogP contribution >= 0.6 is 7.26 Å². The highest BCUT2D eigenvalue weighted by molar-refractivity contribution is 7.87. The summed E-state index contributed by atoms with van der Waals surface area (Å²) in [5, 5.41) is 23.4. The lowest BCUT2D eigenvalue weighted by molar-refractivity contribution is -0.0442. The Kier molecular flexibility index (Phi) is 26.7. The van der Waals surface area contributed by atoms with E-state index in [4.69, 9.17) is 28.4 Å². The summed E-state index contributed by atoms with van der Waals surface area (Å²) in [6.45, 7) is 25.7. The molecule has 0 aliphatic rings. The van der Waals surface area contributed by atoms with Gasteiger partial charge in [-0.3, -0.25) is 0 Å². The Labute approximate surface area is 398 Å². The topological polar surface area (TPSA) is 95.8 Å². The number of hydrogen-bond donors (Lipinski definition) is 2. The minimum Gasteiger partial charge on any atom is -0.508 e. The van der Waals surface area contributed by atoms with Crippen LogP contribution in [-0.4, -0.2) is 98.2 Å². The minimum absolute atomic E-state index is 0.0558. The van der Waals surface area contributed by atoms with E-state index in [1.165, 1.54) is 31.0 Å². The Hall–Kier alpha value is -1.66. The minimum atomic E-state index is -2.56. The number of hydrogen-bond acceptors (Lipinski definition) is 8. The number of methoxy groups -OCH3 is 4.